The van der Waals surface area contributed by atoms with E-state index >= 15 is 0 Å². The van der Waals surface area contributed by atoms with Crippen LogP contribution in [0.4, 0.5) is 9.59 Å². The summed E-state index contributed by atoms with van der Waals surface area (Å²) in [6.07, 6.45) is 0.822. The number of rotatable bonds is 6. The Morgan fingerprint density at radius 2 is 2.00 bits per heavy atom. The lowest BCUT2D eigenvalue weighted by Gasteiger charge is -2.28. The number of ether oxygens (including phenoxy) is 2. The van der Waals surface area contributed by atoms with Crippen molar-refractivity contribution >= 4 is 28.0 Å². The highest BCUT2D eigenvalue weighted by atomic mass is 32.2. The summed E-state index contributed by atoms with van der Waals surface area (Å²) < 4.78 is 38.6. The first-order valence-corrected chi connectivity index (χ1v) is 12.1. The van der Waals surface area contributed by atoms with Crippen LogP contribution in [0.15, 0.2) is 28.2 Å². The molecule has 2 aliphatic heterocycles. The Kier molecular flexibility index (Phi) is 7.15. The van der Waals surface area contributed by atoms with E-state index in [1.807, 2.05) is 18.6 Å². The highest BCUT2D eigenvalue weighted by Crippen LogP contribution is 2.35. The van der Waals surface area contributed by atoms with Crippen molar-refractivity contribution in [1.82, 2.24) is 20.3 Å². The van der Waals surface area contributed by atoms with E-state index in [1.54, 1.807) is 6.92 Å². The quantitative estimate of drug-likeness (QED) is 0.557. The average Bonchev–Trinajstić information content (AvgIpc) is 3.06. The Bertz CT molecular complexity index is 1110. The number of carbonyl (C=O) groups is 3. The lowest BCUT2D eigenvalue weighted by Crippen LogP contribution is -2.49. The molecule has 3 rings (SSSR count). The molecule has 2 aliphatic rings. The summed E-state index contributed by atoms with van der Waals surface area (Å²) in [6, 6.07) is 0.928. The van der Waals surface area contributed by atoms with Crippen LogP contribution in [0.25, 0.3) is 0 Å². The van der Waals surface area contributed by atoms with Crippen LogP contribution in [0, 0.1) is 0 Å². The molecule has 1 unspecified atom stereocenters. The summed E-state index contributed by atoms with van der Waals surface area (Å²) in [7, 11) is -2.92. The van der Waals surface area contributed by atoms with Crippen LogP contribution in [0.3, 0.4) is 0 Å². The van der Waals surface area contributed by atoms with Gasteiger partial charge in [0.2, 0.25) is 0 Å². The molecule has 1 atom stereocenters. The number of nitrogens with zero attached hydrogens (tertiary/aromatic N) is 1. The Morgan fingerprint density at radius 1 is 1.27 bits per heavy atom. The van der Waals surface area contributed by atoms with E-state index in [0.717, 1.165) is 10.5 Å². The zero-order valence-corrected chi connectivity index (χ0v) is 19.8. The normalized spacial score (nSPS) is 17.9. The summed E-state index contributed by atoms with van der Waals surface area (Å²) in [5, 5.41) is 4.99. The number of nitrogens with one attached hydrogen (secondary N) is 3. The van der Waals surface area contributed by atoms with E-state index in [1.165, 1.54) is 19.2 Å². The number of benzene rings is 1. The molecule has 33 heavy (non-hydrogen) atoms. The minimum atomic E-state index is -4.22. The molecule has 3 N–H and O–H groups in total. The number of imide groups is 1. The van der Waals surface area contributed by atoms with Crippen LogP contribution in [-0.2, 0) is 21.2 Å². The van der Waals surface area contributed by atoms with Gasteiger partial charge < -0.3 is 20.1 Å². The van der Waals surface area contributed by atoms with Crippen LogP contribution in [0.1, 0.15) is 32.8 Å². The standard InChI is InChI=1S/C21H28N4O7S/c1-5-15-12(3)10-25(19(15)26)21(28)23-14-7-13-8-18(33(29,30)24-20(27)22-4)17(31-6-2)9-16(13)32-11-14/h8-9,14H,5-7,10-11H2,1-4H3,(H,23,28)(H2,22,24,27). The molecular weight excluding hydrogens is 452 g/mol. The first kappa shape index (κ1) is 24.4. The van der Waals surface area contributed by atoms with Gasteiger partial charge in [0, 0.05) is 18.7 Å². The number of amides is 5. The van der Waals surface area contributed by atoms with Crippen molar-refractivity contribution in [1.29, 1.82) is 0 Å². The Morgan fingerprint density at radius 3 is 2.61 bits per heavy atom. The van der Waals surface area contributed by atoms with Gasteiger partial charge in [-0.1, -0.05) is 6.92 Å². The van der Waals surface area contributed by atoms with E-state index < -0.39 is 28.1 Å². The fraction of sp³-hybridized carbons (Fsp3) is 0.476. The largest absolute Gasteiger partial charge is 0.492 e. The number of hydrogen-bond donors (Lipinski definition) is 3. The zero-order chi connectivity index (χ0) is 24.3. The first-order valence-electron chi connectivity index (χ1n) is 10.6. The summed E-state index contributed by atoms with van der Waals surface area (Å²) in [5.74, 6) is 0.164. The zero-order valence-electron chi connectivity index (χ0n) is 19.0. The molecule has 0 fully saturated rings. The number of fused-ring (bicyclic) bond motifs is 1. The second kappa shape index (κ2) is 9.69. The highest BCUT2D eigenvalue weighted by Gasteiger charge is 2.34. The maximum atomic E-state index is 12.7. The van der Waals surface area contributed by atoms with Crippen molar-refractivity contribution in [2.75, 3.05) is 26.8 Å². The van der Waals surface area contributed by atoms with Crippen molar-refractivity contribution in [3.63, 3.8) is 0 Å². The summed E-state index contributed by atoms with van der Waals surface area (Å²) in [4.78, 5) is 37.7. The molecule has 0 aromatic heterocycles. The van der Waals surface area contributed by atoms with Crippen LogP contribution >= 0.6 is 0 Å². The molecule has 12 heteroatoms. The molecule has 0 spiro atoms. The molecule has 0 aliphatic carbocycles. The second-order valence-electron chi connectivity index (χ2n) is 7.69. The Hall–Kier alpha value is -3.28. The van der Waals surface area contributed by atoms with Gasteiger partial charge in [-0.2, -0.15) is 0 Å². The third-order valence-electron chi connectivity index (χ3n) is 5.42. The second-order valence-corrected chi connectivity index (χ2v) is 9.34. The average molecular weight is 481 g/mol. The Balaban J connectivity index is 1.80. The smallest absolute Gasteiger partial charge is 0.328 e. The molecule has 11 nitrogen and oxygen atoms in total. The third kappa shape index (κ3) is 5.05. The molecule has 5 amide bonds. The van der Waals surface area contributed by atoms with E-state index in [2.05, 4.69) is 10.6 Å². The van der Waals surface area contributed by atoms with Gasteiger partial charge in [0.25, 0.3) is 15.9 Å². The van der Waals surface area contributed by atoms with Gasteiger partial charge in [-0.05, 0) is 43.9 Å². The molecule has 0 bridgehead atoms. The SMILES string of the molecule is CCOc1cc2c(cc1S(=O)(=O)NC(=O)NC)CC(NC(=O)N1CC(C)=C(CC)C1=O)CO2. The summed E-state index contributed by atoms with van der Waals surface area (Å²) in [5.41, 5.74) is 2.02. The minimum absolute atomic E-state index is 0.0476. The maximum absolute atomic E-state index is 12.7. The van der Waals surface area contributed by atoms with Crippen molar-refractivity contribution in [3.8, 4) is 11.5 Å². The fourth-order valence-electron chi connectivity index (χ4n) is 3.81. The van der Waals surface area contributed by atoms with Crippen LogP contribution in [0.2, 0.25) is 0 Å². The molecule has 0 saturated carbocycles. The number of urea groups is 2. The molecule has 0 radical (unpaired) electrons. The van der Waals surface area contributed by atoms with Gasteiger partial charge in [0.15, 0.2) is 0 Å². The third-order valence-corrected chi connectivity index (χ3v) is 6.77. The molecule has 1 aromatic carbocycles. The van der Waals surface area contributed by atoms with E-state index in [4.69, 9.17) is 9.47 Å². The predicted octanol–water partition coefficient (Wildman–Crippen LogP) is 1.28. The predicted molar refractivity (Wildman–Crippen MR) is 119 cm³/mol. The van der Waals surface area contributed by atoms with Gasteiger partial charge in [-0.25, -0.2) is 22.7 Å². The fourth-order valence-corrected chi connectivity index (χ4v) is 4.95. The van der Waals surface area contributed by atoms with E-state index in [0.29, 0.717) is 23.3 Å². The van der Waals surface area contributed by atoms with Crippen molar-refractivity contribution in [3.05, 3.63) is 28.8 Å². The molecule has 0 saturated heterocycles. The Labute approximate surface area is 192 Å². The molecule has 180 valence electrons. The monoisotopic (exact) mass is 480 g/mol. The first-order chi connectivity index (χ1) is 15.6. The minimum Gasteiger partial charge on any atom is -0.492 e. The van der Waals surface area contributed by atoms with Gasteiger partial charge in [0.05, 0.1) is 19.2 Å². The topological polar surface area (TPSA) is 143 Å². The molecular formula is C21H28N4O7S. The van der Waals surface area contributed by atoms with Crippen molar-refractivity contribution < 1.29 is 32.3 Å². The lowest BCUT2D eigenvalue weighted by atomic mass is 10.0. The molecule has 1 aromatic rings. The number of sulfonamides is 1. The van der Waals surface area contributed by atoms with Gasteiger partial charge in [-0.15, -0.1) is 0 Å². The van der Waals surface area contributed by atoms with Gasteiger partial charge in [0.1, 0.15) is 23.0 Å². The van der Waals surface area contributed by atoms with E-state index in [-0.39, 0.29) is 42.7 Å². The van der Waals surface area contributed by atoms with Crippen molar-refractivity contribution in [2.24, 2.45) is 0 Å². The van der Waals surface area contributed by atoms with Crippen LogP contribution < -0.4 is 24.8 Å². The van der Waals surface area contributed by atoms with Gasteiger partial charge >= 0.3 is 12.1 Å². The number of carbonyl (C=O) groups excluding carboxylic acids is 3. The van der Waals surface area contributed by atoms with Gasteiger partial charge in [-0.3, -0.25) is 9.69 Å². The summed E-state index contributed by atoms with van der Waals surface area (Å²) >= 11 is 0. The molecule has 2 heterocycles. The summed E-state index contributed by atoms with van der Waals surface area (Å²) in [6.45, 7) is 5.98. The van der Waals surface area contributed by atoms with Crippen molar-refractivity contribution in [2.45, 2.75) is 44.6 Å². The maximum Gasteiger partial charge on any atom is 0.328 e. The van der Waals surface area contributed by atoms with E-state index in [9.17, 15) is 22.8 Å². The highest BCUT2D eigenvalue weighted by molar-refractivity contribution is 7.90. The van der Waals surface area contributed by atoms with Crippen LogP contribution in [-0.4, -0.2) is 64.1 Å². The lowest BCUT2D eigenvalue weighted by molar-refractivity contribution is -0.123. The van der Waals surface area contributed by atoms with Crippen LogP contribution in [0.5, 0.6) is 11.5 Å². The number of hydrogen-bond acceptors (Lipinski definition) is 7.